The van der Waals surface area contributed by atoms with Crippen LogP contribution in [0.15, 0.2) is 0 Å². The van der Waals surface area contributed by atoms with Gasteiger partial charge in [0.1, 0.15) is 0 Å². The molecular formula is C8H15NO3. The molecule has 0 spiro atoms. The van der Waals surface area contributed by atoms with Gasteiger partial charge in [-0.3, -0.25) is 10.0 Å². The second kappa shape index (κ2) is 3.41. The first-order valence-corrected chi connectivity index (χ1v) is 4.17. The predicted molar refractivity (Wildman–Crippen MR) is 42.6 cm³/mol. The van der Waals surface area contributed by atoms with Crippen LogP contribution in [-0.4, -0.2) is 23.3 Å². The molecule has 0 aromatic heterocycles. The van der Waals surface area contributed by atoms with Crippen molar-refractivity contribution in [3.05, 3.63) is 0 Å². The van der Waals surface area contributed by atoms with Crippen molar-refractivity contribution in [2.45, 2.75) is 33.0 Å². The smallest absolute Gasteiger partial charge is 0.249 e. The van der Waals surface area contributed by atoms with Crippen molar-refractivity contribution in [2.75, 3.05) is 0 Å². The summed E-state index contributed by atoms with van der Waals surface area (Å²) in [6, 6.07) is 0. The average molecular weight is 173 g/mol. The SMILES string of the molecule is CC1OC(C)C(C(=O)NO)C1C. The van der Waals surface area contributed by atoms with Crippen LogP contribution >= 0.6 is 0 Å². The molecule has 1 amide bonds. The van der Waals surface area contributed by atoms with Crippen LogP contribution in [0.5, 0.6) is 0 Å². The second-order valence-corrected chi connectivity index (χ2v) is 3.41. The van der Waals surface area contributed by atoms with Gasteiger partial charge < -0.3 is 4.74 Å². The van der Waals surface area contributed by atoms with Crippen LogP contribution in [0.4, 0.5) is 0 Å². The van der Waals surface area contributed by atoms with Gasteiger partial charge in [0, 0.05) is 0 Å². The van der Waals surface area contributed by atoms with E-state index in [0.29, 0.717) is 0 Å². The highest BCUT2D eigenvalue weighted by atomic mass is 16.5. The van der Waals surface area contributed by atoms with Crippen LogP contribution < -0.4 is 5.48 Å². The maximum absolute atomic E-state index is 11.1. The highest BCUT2D eigenvalue weighted by molar-refractivity contribution is 5.78. The molecule has 0 bridgehead atoms. The van der Waals surface area contributed by atoms with Gasteiger partial charge in [-0.05, 0) is 19.8 Å². The quantitative estimate of drug-likeness (QED) is 0.449. The molecule has 0 aliphatic carbocycles. The van der Waals surface area contributed by atoms with E-state index in [0.717, 1.165) is 0 Å². The number of hydroxylamine groups is 1. The Hall–Kier alpha value is -0.610. The van der Waals surface area contributed by atoms with Gasteiger partial charge in [0.25, 0.3) is 0 Å². The number of carbonyl (C=O) groups excluding carboxylic acids is 1. The first-order valence-electron chi connectivity index (χ1n) is 4.17. The number of nitrogens with one attached hydrogen (secondary N) is 1. The van der Waals surface area contributed by atoms with Crippen molar-refractivity contribution < 1.29 is 14.7 Å². The molecule has 0 saturated carbocycles. The molecule has 1 rings (SSSR count). The molecule has 12 heavy (non-hydrogen) atoms. The molecular weight excluding hydrogens is 158 g/mol. The molecule has 70 valence electrons. The van der Waals surface area contributed by atoms with Crippen LogP contribution in [0.2, 0.25) is 0 Å². The van der Waals surface area contributed by atoms with E-state index in [4.69, 9.17) is 9.94 Å². The van der Waals surface area contributed by atoms with Crippen molar-refractivity contribution in [2.24, 2.45) is 11.8 Å². The monoisotopic (exact) mass is 173 g/mol. The number of carbonyl (C=O) groups is 1. The highest BCUT2D eigenvalue weighted by Crippen LogP contribution is 2.31. The number of hydrogen-bond donors (Lipinski definition) is 2. The lowest BCUT2D eigenvalue weighted by molar-refractivity contribution is -0.135. The molecule has 0 radical (unpaired) electrons. The van der Waals surface area contributed by atoms with Gasteiger partial charge in [0.05, 0.1) is 18.1 Å². The van der Waals surface area contributed by atoms with E-state index in [2.05, 4.69) is 0 Å². The van der Waals surface area contributed by atoms with Crippen molar-refractivity contribution in [1.82, 2.24) is 5.48 Å². The summed E-state index contributed by atoms with van der Waals surface area (Å²) >= 11 is 0. The Morgan fingerprint density at radius 3 is 2.25 bits per heavy atom. The zero-order chi connectivity index (χ0) is 9.30. The van der Waals surface area contributed by atoms with Gasteiger partial charge in [-0.2, -0.15) is 0 Å². The topological polar surface area (TPSA) is 58.6 Å². The molecule has 2 N–H and O–H groups in total. The van der Waals surface area contributed by atoms with Gasteiger partial charge in [0.2, 0.25) is 5.91 Å². The van der Waals surface area contributed by atoms with Gasteiger partial charge >= 0.3 is 0 Å². The molecule has 1 saturated heterocycles. The lowest BCUT2D eigenvalue weighted by Gasteiger charge is -2.14. The number of hydrogen-bond acceptors (Lipinski definition) is 3. The Morgan fingerprint density at radius 2 is 1.92 bits per heavy atom. The van der Waals surface area contributed by atoms with Gasteiger partial charge in [-0.25, -0.2) is 5.48 Å². The molecule has 4 atom stereocenters. The summed E-state index contributed by atoms with van der Waals surface area (Å²) in [6.45, 7) is 5.74. The predicted octanol–water partition coefficient (Wildman–Crippen LogP) is 0.551. The minimum absolute atomic E-state index is 0.0855. The van der Waals surface area contributed by atoms with Crippen molar-refractivity contribution in [3.8, 4) is 0 Å². The Bertz CT molecular complexity index is 183. The normalized spacial score (nSPS) is 41.3. The van der Waals surface area contributed by atoms with Crippen LogP contribution in [0.25, 0.3) is 0 Å². The summed E-state index contributed by atoms with van der Waals surface area (Å²) in [5.74, 6) is -0.420. The maximum atomic E-state index is 11.1. The van der Waals surface area contributed by atoms with E-state index in [1.54, 1.807) is 5.48 Å². The van der Waals surface area contributed by atoms with E-state index in [-0.39, 0.29) is 30.0 Å². The van der Waals surface area contributed by atoms with E-state index >= 15 is 0 Å². The van der Waals surface area contributed by atoms with Crippen LogP contribution in [-0.2, 0) is 9.53 Å². The molecule has 0 aromatic carbocycles. The fraction of sp³-hybridized carbons (Fsp3) is 0.875. The summed E-state index contributed by atoms with van der Waals surface area (Å²) in [4.78, 5) is 11.1. The fourth-order valence-corrected chi connectivity index (χ4v) is 1.79. The van der Waals surface area contributed by atoms with Crippen molar-refractivity contribution in [3.63, 3.8) is 0 Å². The Labute approximate surface area is 71.9 Å². The molecule has 1 aliphatic rings. The Morgan fingerprint density at radius 1 is 1.33 bits per heavy atom. The standard InChI is InChI=1S/C8H15NO3/c1-4-5(2)12-6(3)7(4)8(10)9-11/h4-7,11H,1-3H3,(H,9,10). The Balaban J connectivity index is 2.69. The fourth-order valence-electron chi connectivity index (χ4n) is 1.79. The van der Waals surface area contributed by atoms with Crippen LogP contribution in [0, 0.1) is 11.8 Å². The summed E-state index contributed by atoms with van der Waals surface area (Å²) in [5.41, 5.74) is 1.67. The van der Waals surface area contributed by atoms with Gasteiger partial charge in [-0.15, -0.1) is 0 Å². The molecule has 1 fully saturated rings. The minimum atomic E-state index is -0.348. The molecule has 0 aromatic rings. The average Bonchev–Trinajstić information content (AvgIpc) is 2.26. The van der Waals surface area contributed by atoms with Crippen LogP contribution in [0.1, 0.15) is 20.8 Å². The summed E-state index contributed by atoms with van der Waals surface area (Å²) < 4.78 is 5.44. The summed E-state index contributed by atoms with van der Waals surface area (Å²) in [5, 5.41) is 8.46. The summed E-state index contributed by atoms with van der Waals surface area (Å²) in [7, 11) is 0. The lowest BCUT2D eigenvalue weighted by atomic mass is 9.89. The first kappa shape index (κ1) is 9.48. The third-order valence-electron chi connectivity index (χ3n) is 2.65. The maximum Gasteiger partial charge on any atom is 0.249 e. The zero-order valence-corrected chi connectivity index (χ0v) is 7.57. The number of ether oxygens (including phenoxy) is 1. The number of amides is 1. The van der Waals surface area contributed by atoms with Crippen molar-refractivity contribution in [1.29, 1.82) is 0 Å². The van der Waals surface area contributed by atoms with Gasteiger partial charge in [0.15, 0.2) is 0 Å². The molecule has 4 heteroatoms. The van der Waals surface area contributed by atoms with Crippen LogP contribution in [0.3, 0.4) is 0 Å². The highest BCUT2D eigenvalue weighted by Gasteiger charge is 2.41. The second-order valence-electron chi connectivity index (χ2n) is 3.41. The molecule has 1 aliphatic heterocycles. The molecule has 4 nitrogen and oxygen atoms in total. The lowest BCUT2D eigenvalue weighted by Crippen LogP contribution is -2.35. The molecule has 1 heterocycles. The van der Waals surface area contributed by atoms with E-state index in [9.17, 15) is 4.79 Å². The Kier molecular flexibility index (Phi) is 2.69. The minimum Gasteiger partial charge on any atom is -0.374 e. The number of rotatable bonds is 1. The van der Waals surface area contributed by atoms with E-state index in [1.807, 2.05) is 20.8 Å². The van der Waals surface area contributed by atoms with Gasteiger partial charge in [-0.1, -0.05) is 6.92 Å². The first-order chi connectivity index (χ1) is 5.57. The zero-order valence-electron chi connectivity index (χ0n) is 7.57. The third-order valence-corrected chi connectivity index (χ3v) is 2.65. The largest absolute Gasteiger partial charge is 0.374 e. The van der Waals surface area contributed by atoms with Crippen molar-refractivity contribution >= 4 is 5.91 Å². The molecule has 4 unspecified atom stereocenters. The third kappa shape index (κ3) is 1.44. The van der Waals surface area contributed by atoms with E-state index in [1.165, 1.54) is 0 Å². The van der Waals surface area contributed by atoms with E-state index < -0.39 is 0 Å². The summed E-state index contributed by atoms with van der Waals surface area (Å²) in [6.07, 6.45) is -0.0237.